The Balaban J connectivity index is 2.17. The van der Waals surface area contributed by atoms with Crippen molar-refractivity contribution in [3.05, 3.63) is 30.1 Å². The highest BCUT2D eigenvalue weighted by Gasteiger charge is 2.35. The molecule has 1 aromatic rings. The van der Waals surface area contributed by atoms with Gasteiger partial charge in [0, 0.05) is 5.69 Å². The number of halogens is 1. The van der Waals surface area contributed by atoms with E-state index >= 15 is 0 Å². The summed E-state index contributed by atoms with van der Waals surface area (Å²) >= 11 is 0. The van der Waals surface area contributed by atoms with Crippen molar-refractivity contribution in [2.45, 2.75) is 51.5 Å². The summed E-state index contributed by atoms with van der Waals surface area (Å²) in [6.07, 6.45) is 4.82. The Morgan fingerprint density at radius 2 is 2.00 bits per heavy atom. The molecule has 1 saturated carbocycles. The van der Waals surface area contributed by atoms with Gasteiger partial charge in [0.25, 0.3) is 0 Å². The minimum Gasteiger partial charge on any atom is -0.367 e. The second kappa shape index (κ2) is 5.21. The standard InChI is InChI=1S/C16H21FN2/c1-15(2)7-4-8-16(12-18,10-9-15)19-14-6-3-5-13(17)11-14/h3,5-6,11,19H,4,7-10H2,1-2H3. The maximum absolute atomic E-state index is 13.2. The zero-order valence-electron chi connectivity index (χ0n) is 11.7. The predicted molar refractivity (Wildman–Crippen MR) is 75.2 cm³/mol. The highest BCUT2D eigenvalue weighted by atomic mass is 19.1. The van der Waals surface area contributed by atoms with Gasteiger partial charge in [-0.2, -0.15) is 5.26 Å². The maximum Gasteiger partial charge on any atom is 0.125 e. The molecule has 1 aliphatic rings. The molecule has 0 aliphatic heterocycles. The number of nitrogens with zero attached hydrogens (tertiary/aromatic N) is 1. The third kappa shape index (κ3) is 3.47. The average molecular weight is 260 g/mol. The summed E-state index contributed by atoms with van der Waals surface area (Å²) in [6, 6.07) is 8.79. The largest absolute Gasteiger partial charge is 0.367 e. The van der Waals surface area contributed by atoms with Gasteiger partial charge in [0.05, 0.1) is 6.07 Å². The fraction of sp³-hybridized carbons (Fsp3) is 0.562. The van der Waals surface area contributed by atoms with Crippen LogP contribution >= 0.6 is 0 Å². The molecule has 102 valence electrons. The van der Waals surface area contributed by atoms with Crippen LogP contribution in [0.5, 0.6) is 0 Å². The molecule has 19 heavy (non-hydrogen) atoms. The highest BCUT2D eigenvalue weighted by molar-refractivity contribution is 5.48. The van der Waals surface area contributed by atoms with Crippen LogP contribution in [0, 0.1) is 22.6 Å². The van der Waals surface area contributed by atoms with E-state index in [1.54, 1.807) is 6.07 Å². The summed E-state index contributed by atoms with van der Waals surface area (Å²) in [5.74, 6) is -0.271. The van der Waals surface area contributed by atoms with Crippen molar-refractivity contribution in [2.24, 2.45) is 5.41 Å². The first kappa shape index (κ1) is 13.9. The number of nitriles is 1. The molecule has 1 atom stereocenters. The van der Waals surface area contributed by atoms with E-state index in [-0.39, 0.29) is 5.82 Å². The molecule has 0 radical (unpaired) electrons. The minimum atomic E-state index is -0.554. The molecule has 0 amide bonds. The minimum absolute atomic E-state index is 0.271. The smallest absolute Gasteiger partial charge is 0.125 e. The van der Waals surface area contributed by atoms with Crippen LogP contribution in [0.25, 0.3) is 0 Å². The number of anilines is 1. The van der Waals surface area contributed by atoms with Gasteiger partial charge in [-0.1, -0.05) is 19.9 Å². The first-order chi connectivity index (χ1) is 8.95. The lowest BCUT2D eigenvalue weighted by atomic mass is 9.84. The van der Waals surface area contributed by atoms with E-state index in [0.717, 1.165) is 32.1 Å². The molecular formula is C16H21FN2. The lowest BCUT2D eigenvalue weighted by Crippen LogP contribution is -2.36. The van der Waals surface area contributed by atoms with Crippen LogP contribution < -0.4 is 5.32 Å². The number of rotatable bonds is 2. The Kier molecular flexibility index (Phi) is 3.80. The van der Waals surface area contributed by atoms with Crippen LogP contribution in [0.4, 0.5) is 10.1 Å². The molecule has 1 aromatic carbocycles. The lowest BCUT2D eigenvalue weighted by molar-refractivity contribution is 0.310. The van der Waals surface area contributed by atoms with Crippen molar-refractivity contribution in [1.82, 2.24) is 0 Å². The second-order valence-corrected chi connectivity index (χ2v) is 6.35. The predicted octanol–water partition coefficient (Wildman–Crippen LogP) is 4.49. The van der Waals surface area contributed by atoms with Crippen molar-refractivity contribution in [1.29, 1.82) is 5.26 Å². The molecule has 3 heteroatoms. The van der Waals surface area contributed by atoms with Gasteiger partial charge in [-0.05, 0) is 55.7 Å². The Morgan fingerprint density at radius 3 is 2.68 bits per heavy atom. The molecule has 1 fully saturated rings. The van der Waals surface area contributed by atoms with Gasteiger partial charge < -0.3 is 5.32 Å². The van der Waals surface area contributed by atoms with Crippen LogP contribution in [0.1, 0.15) is 46.0 Å². The molecule has 0 aromatic heterocycles. The van der Waals surface area contributed by atoms with Gasteiger partial charge in [-0.25, -0.2) is 4.39 Å². The molecule has 0 bridgehead atoms. The summed E-state index contributed by atoms with van der Waals surface area (Å²) in [5, 5.41) is 12.8. The second-order valence-electron chi connectivity index (χ2n) is 6.35. The molecule has 0 spiro atoms. The van der Waals surface area contributed by atoms with Gasteiger partial charge >= 0.3 is 0 Å². The van der Waals surface area contributed by atoms with E-state index in [9.17, 15) is 9.65 Å². The molecule has 1 N–H and O–H groups in total. The molecule has 2 nitrogen and oxygen atoms in total. The fourth-order valence-corrected chi connectivity index (χ4v) is 2.78. The monoisotopic (exact) mass is 260 g/mol. The van der Waals surface area contributed by atoms with E-state index in [2.05, 4.69) is 25.2 Å². The van der Waals surface area contributed by atoms with Gasteiger partial charge in [0.2, 0.25) is 0 Å². The first-order valence-corrected chi connectivity index (χ1v) is 6.90. The van der Waals surface area contributed by atoms with Gasteiger partial charge in [-0.15, -0.1) is 0 Å². The molecule has 1 aliphatic carbocycles. The molecule has 2 rings (SSSR count). The topological polar surface area (TPSA) is 35.8 Å². The molecular weight excluding hydrogens is 239 g/mol. The zero-order valence-corrected chi connectivity index (χ0v) is 11.7. The summed E-state index contributed by atoms with van der Waals surface area (Å²) < 4.78 is 13.2. The van der Waals surface area contributed by atoms with E-state index < -0.39 is 5.54 Å². The number of hydrogen-bond acceptors (Lipinski definition) is 2. The number of nitrogens with one attached hydrogen (secondary N) is 1. The lowest BCUT2D eigenvalue weighted by Gasteiger charge is -2.28. The zero-order chi connectivity index (χ0) is 13.9. The highest BCUT2D eigenvalue weighted by Crippen LogP contribution is 2.39. The van der Waals surface area contributed by atoms with E-state index in [4.69, 9.17) is 0 Å². The average Bonchev–Trinajstić information content (AvgIpc) is 2.49. The Labute approximate surface area is 114 Å². The van der Waals surface area contributed by atoms with Crippen molar-refractivity contribution in [2.75, 3.05) is 5.32 Å². The molecule has 0 heterocycles. The first-order valence-electron chi connectivity index (χ1n) is 6.90. The number of benzene rings is 1. The molecule has 1 unspecified atom stereocenters. The summed E-state index contributed by atoms with van der Waals surface area (Å²) in [7, 11) is 0. The summed E-state index contributed by atoms with van der Waals surface area (Å²) in [6.45, 7) is 4.51. The van der Waals surface area contributed by atoms with Crippen LogP contribution in [-0.4, -0.2) is 5.54 Å². The third-order valence-electron chi connectivity index (χ3n) is 4.11. The quantitative estimate of drug-likeness (QED) is 0.795. The summed E-state index contributed by atoms with van der Waals surface area (Å²) in [4.78, 5) is 0. The van der Waals surface area contributed by atoms with Crippen molar-refractivity contribution < 1.29 is 4.39 Å². The van der Waals surface area contributed by atoms with Gasteiger partial charge in [-0.3, -0.25) is 0 Å². The Morgan fingerprint density at radius 1 is 1.21 bits per heavy atom. The van der Waals surface area contributed by atoms with E-state index in [1.807, 2.05) is 6.07 Å². The van der Waals surface area contributed by atoms with Gasteiger partial charge in [0.15, 0.2) is 0 Å². The summed E-state index contributed by atoms with van der Waals surface area (Å²) in [5.41, 5.74) is 0.435. The normalized spacial score (nSPS) is 26.2. The van der Waals surface area contributed by atoms with E-state index in [1.165, 1.54) is 12.1 Å². The van der Waals surface area contributed by atoms with Crippen molar-refractivity contribution in [3.63, 3.8) is 0 Å². The SMILES string of the molecule is CC1(C)CCCC(C#N)(Nc2cccc(F)c2)CC1. The Bertz CT molecular complexity index is 490. The van der Waals surface area contributed by atoms with Crippen molar-refractivity contribution in [3.8, 4) is 6.07 Å². The maximum atomic E-state index is 13.2. The van der Waals surface area contributed by atoms with Crippen LogP contribution in [0.15, 0.2) is 24.3 Å². The fourth-order valence-electron chi connectivity index (χ4n) is 2.78. The van der Waals surface area contributed by atoms with Gasteiger partial charge in [0.1, 0.15) is 11.4 Å². The van der Waals surface area contributed by atoms with Crippen molar-refractivity contribution >= 4 is 5.69 Å². The van der Waals surface area contributed by atoms with Crippen LogP contribution in [0.2, 0.25) is 0 Å². The third-order valence-corrected chi connectivity index (χ3v) is 4.11. The van der Waals surface area contributed by atoms with Crippen LogP contribution in [-0.2, 0) is 0 Å². The molecule has 0 saturated heterocycles. The number of hydrogen-bond donors (Lipinski definition) is 1. The van der Waals surface area contributed by atoms with Crippen LogP contribution in [0.3, 0.4) is 0 Å². The Hall–Kier alpha value is -1.56. The van der Waals surface area contributed by atoms with E-state index in [0.29, 0.717) is 11.1 Å².